The van der Waals surface area contributed by atoms with Gasteiger partial charge in [-0.05, 0) is 54.1 Å². The van der Waals surface area contributed by atoms with E-state index in [2.05, 4.69) is 59.7 Å². The summed E-state index contributed by atoms with van der Waals surface area (Å²) in [7, 11) is 4.17. The molecule has 0 unspecified atom stereocenters. The van der Waals surface area contributed by atoms with E-state index in [1.54, 1.807) is 0 Å². The zero-order valence-corrected chi connectivity index (χ0v) is 13.7. The summed E-state index contributed by atoms with van der Waals surface area (Å²) >= 11 is 3.46. The lowest BCUT2D eigenvalue weighted by Crippen LogP contribution is -2.34. The Bertz CT molecular complexity index is 449. The van der Waals surface area contributed by atoms with Gasteiger partial charge in [0.15, 0.2) is 0 Å². The third kappa shape index (κ3) is 5.22. The minimum absolute atomic E-state index is 0.608. The summed E-state index contributed by atoms with van der Waals surface area (Å²) in [6, 6.07) is 8.12. The Balaban J connectivity index is 2.90. The Morgan fingerprint density at radius 3 is 2.42 bits per heavy atom. The molecule has 0 spiro atoms. The maximum Gasteiger partial charge on any atom is 0.100 e. The zero-order valence-electron chi connectivity index (χ0n) is 12.2. The molecule has 0 atom stereocenters. The van der Waals surface area contributed by atoms with Crippen LogP contribution >= 0.6 is 15.9 Å². The molecule has 0 aromatic heterocycles. The summed E-state index contributed by atoms with van der Waals surface area (Å²) in [4.78, 5) is 4.56. The van der Waals surface area contributed by atoms with Gasteiger partial charge < -0.3 is 9.80 Å². The van der Waals surface area contributed by atoms with Gasteiger partial charge in [-0.2, -0.15) is 5.26 Å². The molecule has 1 aromatic rings. The first-order valence-electron chi connectivity index (χ1n) is 6.53. The molecule has 0 bridgehead atoms. The predicted molar refractivity (Wildman–Crippen MR) is 84.5 cm³/mol. The van der Waals surface area contributed by atoms with Crippen LogP contribution in [-0.2, 0) is 0 Å². The van der Waals surface area contributed by atoms with Crippen molar-refractivity contribution in [2.45, 2.75) is 13.8 Å². The molecule has 0 N–H and O–H groups in total. The van der Waals surface area contributed by atoms with Crippen molar-refractivity contribution in [1.82, 2.24) is 4.90 Å². The molecule has 0 aliphatic heterocycles. The first-order chi connectivity index (χ1) is 8.93. The van der Waals surface area contributed by atoms with Crippen molar-refractivity contribution < 1.29 is 0 Å². The third-order valence-corrected chi connectivity index (χ3v) is 3.50. The second-order valence-electron chi connectivity index (χ2n) is 5.42. The van der Waals surface area contributed by atoms with Crippen LogP contribution in [-0.4, -0.2) is 38.6 Å². The van der Waals surface area contributed by atoms with Gasteiger partial charge in [0.25, 0.3) is 0 Å². The highest BCUT2D eigenvalue weighted by Gasteiger charge is 2.10. The van der Waals surface area contributed by atoms with Crippen molar-refractivity contribution >= 4 is 21.6 Å². The Kier molecular flexibility index (Phi) is 6.33. The fourth-order valence-electron chi connectivity index (χ4n) is 1.88. The number of nitrogens with zero attached hydrogens (tertiary/aromatic N) is 3. The van der Waals surface area contributed by atoms with Crippen molar-refractivity contribution in [1.29, 1.82) is 5.26 Å². The molecule has 0 saturated heterocycles. The minimum Gasteiger partial charge on any atom is -0.370 e. The summed E-state index contributed by atoms with van der Waals surface area (Å²) < 4.78 is 0.867. The highest BCUT2D eigenvalue weighted by atomic mass is 79.9. The van der Waals surface area contributed by atoms with Gasteiger partial charge in [0.1, 0.15) is 6.07 Å². The average Bonchev–Trinajstić information content (AvgIpc) is 2.33. The van der Waals surface area contributed by atoms with Crippen LogP contribution in [0.3, 0.4) is 0 Å². The van der Waals surface area contributed by atoms with E-state index in [-0.39, 0.29) is 0 Å². The Hall–Kier alpha value is -1.05. The average molecular weight is 324 g/mol. The van der Waals surface area contributed by atoms with Gasteiger partial charge >= 0.3 is 0 Å². The molecule has 1 aromatic carbocycles. The van der Waals surface area contributed by atoms with E-state index in [1.807, 2.05) is 18.2 Å². The molecular formula is C15H22BrN3. The first-order valence-corrected chi connectivity index (χ1v) is 7.32. The van der Waals surface area contributed by atoms with Crippen molar-refractivity contribution in [3.8, 4) is 6.07 Å². The van der Waals surface area contributed by atoms with Crippen LogP contribution in [0, 0.1) is 17.2 Å². The van der Waals surface area contributed by atoms with Gasteiger partial charge in [-0.15, -0.1) is 0 Å². The lowest BCUT2D eigenvalue weighted by Gasteiger charge is -2.28. The van der Waals surface area contributed by atoms with Gasteiger partial charge in [-0.25, -0.2) is 0 Å². The van der Waals surface area contributed by atoms with E-state index < -0.39 is 0 Å². The molecule has 0 aliphatic carbocycles. The van der Waals surface area contributed by atoms with Gasteiger partial charge in [0, 0.05) is 29.8 Å². The van der Waals surface area contributed by atoms with Crippen molar-refractivity contribution in [2.24, 2.45) is 5.92 Å². The van der Waals surface area contributed by atoms with Crippen LogP contribution in [0.1, 0.15) is 19.4 Å². The van der Waals surface area contributed by atoms with Gasteiger partial charge in [0.05, 0.1) is 5.56 Å². The monoisotopic (exact) mass is 323 g/mol. The van der Waals surface area contributed by atoms with Crippen LogP contribution in [0.25, 0.3) is 0 Å². The fraction of sp³-hybridized carbons (Fsp3) is 0.533. The van der Waals surface area contributed by atoms with Crippen LogP contribution in [0.15, 0.2) is 22.7 Å². The van der Waals surface area contributed by atoms with E-state index in [0.717, 1.165) is 24.1 Å². The SMILES string of the molecule is CC(C)CN(CCN(C)C)c1ccc(C#N)c(Br)c1. The third-order valence-electron chi connectivity index (χ3n) is 2.84. The van der Waals surface area contributed by atoms with Crippen LogP contribution in [0.4, 0.5) is 5.69 Å². The molecule has 0 radical (unpaired) electrons. The Morgan fingerprint density at radius 2 is 1.95 bits per heavy atom. The topological polar surface area (TPSA) is 30.3 Å². The summed E-state index contributed by atoms with van der Waals surface area (Å²) in [5.41, 5.74) is 1.85. The molecule has 104 valence electrons. The van der Waals surface area contributed by atoms with E-state index in [0.29, 0.717) is 11.5 Å². The number of hydrogen-bond donors (Lipinski definition) is 0. The summed E-state index contributed by atoms with van der Waals surface area (Å²) in [6.07, 6.45) is 0. The van der Waals surface area contributed by atoms with Gasteiger partial charge in [-0.3, -0.25) is 0 Å². The molecule has 0 amide bonds. The summed E-state index contributed by atoms with van der Waals surface area (Å²) in [6.45, 7) is 7.47. The summed E-state index contributed by atoms with van der Waals surface area (Å²) in [5.74, 6) is 0.608. The van der Waals surface area contributed by atoms with Crippen LogP contribution in [0.2, 0.25) is 0 Å². The lowest BCUT2D eigenvalue weighted by molar-refractivity contribution is 0.409. The number of anilines is 1. The molecule has 1 rings (SSSR count). The zero-order chi connectivity index (χ0) is 14.4. The molecule has 0 aliphatic rings. The van der Waals surface area contributed by atoms with Gasteiger partial charge in [0.2, 0.25) is 0 Å². The van der Waals surface area contributed by atoms with E-state index in [1.165, 1.54) is 5.69 Å². The molecule has 0 saturated carbocycles. The van der Waals surface area contributed by atoms with Gasteiger partial charge in [-0.1, -0.05) is 13.8 Å². The van der Waals surface area contributed by atoms with E-state index in [9.17, 15) is 0 Å². The Labute approximate surface area is 124 Å². The molecule has 4 heteroatoms. The number of hydrogen-bond acceptors (Lipinski definition) is 3. The predicted octanol–water partition coefficient (Wildman–Crippen LogP) is 3.34. The van der Waals surface area contributed by atoms with E-state index in [4.69, 9.17) is 5.26 Å². The largest absolute Gasteiger partial charge is 0.370 e. The second-order valence-corrected chi connectivity index (χ2v) is 6.27. The highest BCUT2D eigenvalue weighted by molar-refractivity contribution is 9.10. The van der Waals surface area contributed by atoms with Crippen molar-refractivity contribution in [3.05, 3.63) is 28.2 Å². The lowest BCUT2D eigenvalue weighted by atomic mass is 10.1. The number of halogens is 1. The Morgan fingerprint density at radius 1 is 1.26 bits per heavy atom. The normalized spacial score (nSPS) is 10.8. The quantitative estimate of drug-likeness (QED) is 0.804. The van der Waals surface area contributed by atoms with Crippen molar-refractivity contribution in [3.63, 3.8) is 0 Å². The molecular weight excluding hydrogens is 302 g/mol. The van der Waals surface area contributed by atoms with Crippen molar-refractivity contribution in [2.75, 3.05) is 38.6 Å². The second kappa shape index (κ2) is 7.52. The molecule has 0 fully saturated rings. The fourth-order valence-corrected chi connectivity index (χ4v) is 2.33. The first kappa shape index (κ1) is 16.0. The minimum atomic E-state index is 0.608. The molecule has 19 heavy (non-hydrogen) atoms. The highest BCUT2D eigenvalue weighted by Crippen LogP contribution is 2.24. The molecule has 0 heterocycles. The standard InChI is InChI=1S/C15H22BrN3/c1-12(2)11-19(8-7-18(3)4)14-6-5-13(10-17)15(16)9-14/h5-6,9,12H,7-8,11H2,1-4H3. The summed E-state index contributed by atoms with van der Waals surface area (Å²) in [5, 5.41) is 8.97. The van der Waals surface area contributed by atoms with Crippen LogP contribution < -0.4 is 4.90 Å². The maximum absolute atomic E-state index is 8.97. The maximum atomic E-state index is 8.97. The number of nitriles is 1. The number of benzene rings is 1. The smallest absolute Gasteiger partial charge is 0.100 e. The number of rotatable bonds is 6. The van der Waals surface area contributed by atoms with Crippen LogP contribution in [0.5, 0.6) is 0 Å². The number of likely N-dealkylation sites (N-methyl/N-ethyl adjacent to an activating group) is 1. The molecule has 3 nitrogen and oxygen atoms in total. The van der Waals surface area contributed by atoms with E-state index >= 15 is 0 Å².